The molecule has 0 spiro atoms. The summed E-state index contributed by atoms with van der Waals surface area (Å²) in [6, 6.07) is 12.5. The third kappa shape index (κ3) is 3.57. The van der Waals surface area contributed by atoms with Crippen molar-refractivity contribution in [1.29, 1.82) is 0 Å². The zero-order valence-electron chi connectivity index (χ0n) is 11.9. The molecule has 1 aromatic carbocycles. The van der Waals surface area contributed by atoms with E-state index in [9.17, 15) is 0 Å². The van der Waals surface area contributed by atoms with Gasteiger partial charge in [-0.1, -0.05) is 49.4 Å². The Hall–Kier alpha value is -1.83. The van der Waals surface area contributed by atoms with E-state index in [1.54, 1.807) is 0 Å². The van der Waals surface area contributed by atoms with Crippen LogP contribution in [-0.4, -0.2) is 9.78 Å². The Labute approximate surface area is 115 Å². The van der Waals surface area contributed by atoms with Crippen molar-refractivity contribution in [1.82, 2.24) is 9.78 Å². The van der Waals surface area contributed by atoms with Crippen LogP contribution >= 0.6 is 0 Å². The van der Waals surface area contributed by atoms with Gasteiger partial charge in [0.1, 0.15) is 0 Å². The zero-order valence-corrected chi connectivity index (χ0v) is 11.9. The molecule has 0 amide bonds. The van der Waals surface area contributed by atoms with Crippen LogP contribution in [0.25, 0.3) is 11.3 Å². The van der Waals surface area contributed by atoms with Crippen LogP contribution in [0, 0.1) is 6.92 Å². The Kier molecular flexibility index (Phi) is 4.56. The van der Waals surface area contributed by atoms with Crippen LogP contribution in [0.3, 0.4) is 0 Å². The predicted octanol–water partition coefficient (Wildman–Crippen LogP) is 4.60. The van der Waals surface area contributed by atoms with Gasteiger partial charge in [0.05, 0.1) is 5.69 Å². The van der Waals surface area contributed by atoms with Crippen molar-refractivity contribution in [2.24, 2.45) is 0 Å². The van der Waals surface area contributed by atoms with E-state index in [1.165, 1.54) is 16.8 Å². The van der Waals surface area contributed by atoms with Gasteiger partial charge in [-0.2, -0.15) is 5.10 Å². The summed E-state index contributed by atoms with van der Waals surface area (Å²) in [5.41, 5.74) is 4.80. The van der Waals surface area contributed by atoms with Crippen LogP contribution in [0.5, 0.6) is 0 Å². The van der Waals surface area contributed by atoms with Crippen LogP contribution in [0.4, 0.5) is 0 Å². The quantitative estimate of drug-likeness (QED) is 0.689. The third-order valence-electron chi connectivity index (χ3n) is 3.45. The lowest BCUT2D eigenvalue weighted by Crippen LogP contribution is -2.02. The number of rotatable bonds is 6. The summed E-state index contributed by atoms with van der Waals surface area (Å²) in [6.07, 6.45) is 3.28. The lowest BCUT2D eigenvalue weighted by molar-refractivity contribution is 0.563. The average Bonchev–Trinajstić information content (AvgIpc) is 2.81. The van der Waals surface area contributed by atoms with Crippen molar-refractivity contribution < 1.29 is 0 Å². The molecule has 0 fully saturated rings. The van der Waals surface area contributed by atoms with Crippen LogP contribution in [0.15, 0.2) is 48.6 Å². The molecular formula is C17H22N2. The molecule has 2 rings (SSSR count). The first-order valence-corrected chi connectivity index (χ1v) is 6.97. The number of hydrogen-bond acceptors (Lipinski definition) is 1. The van der Waals surface area contributed by atoms with Gasteiger partial charge in [0.15, 0.2) is 0 Å². The second-order valence-electron chi connectivity index (χ2n) is 4.97. The Morgan fingerprint density at radius 2 is 2.00 bits per heavy atom. The highest BCUT2D eigenvalue weighted by molar-refractivity contribution is 5.58. The van der Waals surface area contributed by atoms with E-state index in [1.807, 2.05) is 6.07 Å². The van der Waals surface area contributed by atoms with Crippen molar-refractivity contribution in [2.45, 2.75) is 39.7 Å². The first-order chi connectivity index (χ1) is 9.20. The summed E-state index contributed by atoms with van der Waals surface area (Å²) < 4.78 is 2.10. The van der Waals surface area contributed by atoms with Gasteiger partial charge in [0.2, 0.25) is 0 Å². The number of nitrogens with zero attached hydrogens (tertiary/aromatic N) is 2. The first kappa shape index (κ1) is 13.6. The number of aryl methyl sites for hydroxylation is 2. The van der Waals surface area contributed by atoms with Gasteiger partial charge in [-0.15, -0.1) is 0 Å². The van der Waals surface area contributed by atoms with Crippen molar-refractivity contribution in [3.63, 3.8) is 0 Å². The fourth-order valence-electron chi connectivity index (χ4n) is 2.14. The monoisotopic (exact) mass is 254 g/mol. The lowest BCUT2D eigenvalue weighted by Gasteiger charge is -2.05. The fourth-order valence-corrected chi connectivity index (χ4v) is 2.14. The van der Waals surface area contributed by atoms with Gasteiger partial charge in [0, 0.05) is 17.8 Å². The summed E-state index contributed by atoms with van der Waals surface area (Å²) in [4.78, 5) is 0. The zero-order chi connectivity index (χ0) is 13.7. The number of aromatic nitrogens is 2. The van der Waals surface area contributed by atoms with E-state index in [2.05, 4.69) is 60.5 Å². The number of benzene rings is 1. The Bertz CT molecular complexity index is 538. The second kappa shape index (κ2) is 6.37. The molecule has 0 atom stereocenters. The molecule has 19 heavy (non-hydrogen) atoms. The maximum absolute atomic E-state index is 4.69. The topological polar surface area (TPSA) is 17.8 Å². The Morgan fingerprint density at radius 1 is 1.26 bits per heavy atom. The molecular weight excluding hydrogens is 232 g/mol. The van der Waals surface area contributed by atoms with E-state index >= 15 is 0 Å². The van der Waals surface area contributed by atoms with Crippen LogP contribution < -0.4 is 0 Å². The molecule has 0 aliphatic carbocycles. The third-order valence-corrected chi connectivity index (χ3v) is 3.45. The van der Waals surface area contributed by atoms with Crippen molar-refractivity contribution in [3.05, 3.63) is 54.2 Å². The van der Waals surface area contributed by atoms with E-state index < -0.39 is 0 Å². The maximum Gasteiger partial charge on any atom is 0.0925 e. The molecule has 100 valence electrons. The molecule has 1 aromatic heterocycles. The van der Waals surface area contributed by atoms with Crippen LogP contribution in [0.1, 0.15) is 31.9 Å². The fraction of sp³-hybridized carbons (Fsp3) is 0.353. The minimum Gasteiger partial charge on any atom is -0.269 e. The average molecular weight is 254 g/mol. The van der Waals surface area contributed by atoms with Gasteiger partial charge < -0.3 is 0 Å². The van der Waals surface area contributed by atoms with Gasteiger partial charge in [-0.3, -0.25) is 4.68 Å². The highest BCUT2D eigenvalue weighted by Gasteiger charge is 2.05. The molecule has 2 nitrogen and oxygen atoms in total. The Balaban J connectivity index is 2.03. The van der Waals surface area contributed by atoms with Crippen molar-refractivity contribution in [2.75, 3.05) is 0 Å². The van der Waals surface area contributed by atoms with E-state index in [-0.39, 0.29) is 0 Å². The van der Waals surface area contributed by atoms with Crippen molar-refractivity contribution in [3.8, 4) is 11.3 Å². The standard InChI is InChI=1S/C17H22N2/c1-4-14(2)9-8-12-19-15(3)13-17(18-19)16-10-6-5-7-11-16/h5-7,10-11,13H,2,4,8-9,12H2,1,3H3. The number of hydrogen-bond donors (Lipinski definition) is 0. The second-order valence-corrected chi connectivity index (χ2v) is 4.97. The lowest BCUT2D eigenvalue weighted by atomic mass is 10.1. The highest BCUT2D eigenvalue weighted by atomic mass is 15.3. The van der Waals surface area contributed by atoms with Gasteiger partial charge >= 0.3 is 0 Å². The molecule has 2 aromatic rings. The summed E-state index contributed by atoms with van der Waals surface area (Å²) in [5.74, 6) is 0. The van der Waals surface area contributed by atoms with Crippen molar-refractivity contribution >= 4 is 0 Å². The minimum absolute atomic E-state index is 0.970. The van der Waals surface area contributed by atoms with Gasteiger partial charge in [-0.05, 0) is 32.3 Å². The summed E-state index contributed by atoms with van der Waals surface area (Å²) in [6.45, 7) is 9.30. The Morgan fingerprint density at radius 3 is 2.68 bits per heavy atom. The first-order valence-electron chi connectivity index (χ1n) is 6.97. The molecule has 0 radical (unpaired) electrons. The van der Waals surface area contributed by atoms with E-state index in [0.717, 1.165) is 31.5 Å². The molecule has 0 unspecified atom stereocenters. The maximum atomic E-state index is 4.69. The molecule has 2 heteroatoms. The van der Waals surface area contributed by atoms with E-state index in [4.69, 9.17) is 0 Å². The molecule has 0 saturated carbocycles. The molecule has 0 aliphatic heterocycles. The SMILES string of the molecule is C=C(CC)CCCn1nc(-c2ccccc2)cc1C. The predicted molar refractivity (Wildman–Crippen MR) is 81.1 cm³/mol. The normalized spacial score (nSPS) is 10.6. The number of allylic oxidation sites excluding steroid dienone is 1. The highest BCUT2D eigenvalue weighted by Crippen LogP contribution is 2.19. The smallest absolute Gasteiger partial charge is 0.0925 e. The summed E-state index contributed by atoms with van der Waals surface area (Å²) >= 11 is 0. The largest absolute Gasteiger partial charge is 0.269 e. The molecule has 0 N–H and O–H groups in total. The van der Waals surface area contributed by atoms with Gasteiger partial charge in [0.25, 0.3) is 0 Å². The molecule has 0 bridgehead atoms. The van der Waals surface area contributed by atoms with E-state index in [0.29, 0.717) is 0 Å². The van der Waals surface area contributed by atoms with Crippen LogP contribution in [0.2, 0.25) is 0 Å². The van der Waals surface area contributed by atoms with Crippen LogP contribution in [-0.2, 0) is 6.54 Å². The molecule has 1 heterocycles. The molecule has 0 saturated heterocycles. The summed E-state index contributed by atoms with van der Waals surface area (Å²) in [5, 5.41) is 4.69. The summed E-state index contributed by atoms with van der Waals surface area (Å²) in [7, 11) is 0. The molecule has 0 aliphatic rings. The minimum atomic E-state index is 0.970. The van der Waals surface area contributed by atoms with Gasteiger partial charge in [-0.25, -0.2) is 0 Å².